The minimum absolute atomic E-state index is 0.0602. The van der Waals surface area contributed by atoms with Gasteiger partial charge in [-0.25, -0.2) is 9.78 Å². The molecule has 6 nitrogen and oxygen atoms in total. The third kappa shape index (κ3) is 4.58. The molecule has 9 heteroatoms. The van der Waals surface area contributed by atoms with Crippen LogP contribution in [0.5, 0.6) is 0 Å². The second-order valence-corrected chi connectivity index (χ2v) is 4.99. The Morgan fingerprint density at radius 2 is 2.00 bits per heavy atom. The summed E-state index contributed by atoms with van der Waals surface area (Å²) in [6, 6.07) is 5.23. The van der Waals surface area contributed by atoms with Crippen LogP contribution in [0, 0.1) is 6.92 Å². The van der Waals surface area contributed by atoms with Crippen LogP contribution < -0.4 is 16.2 Å². The molecule has 1 aromatic carbocycles. The highest BCUT2D eigenvalue weighted by Crippen LogP contribution is 2.34. The van der Waals surface area contributed by atoms with Gasteiger partial charge in [0.2, 0.25) is 0 Å². The second-order valence-electron chi connectivity index (χ2n) is 4.99. The molecule has 0 unspecified atom stereocenters. The molecule has 2 N–H and O–H groups in total. The highest BCUT2D eigenvalue weighted by atomic mass is 19.4. The van der Waals surface area contributed by atoms with Crippen LogP contribution in [0.1, 0.15) is 11.3 Å². The number of alkyl halides is 3. The summed E-state index contributed by atoms with van der Waals surface area (Å²) in [5.41, 5.74) is -0.964. The number of benzene rings is 1. The number of halogens is 3. The number of urea groups is 1. The zero-order chi connectivity index (χ0) is 17.7. The first-order valence-corrected chi connectivity index (χ1v) is 7.01. The number of aryl methyl sites for hydroxylation is 1. The number of para-hydroxylation sites is 1. The van der Waals surface area contributed by atoms with Crippen molar-refractivity contribution in [3.05, 3.63) is 58.3 Å². The van der Waals surface area contributed by atoms with Gasteiger partial charge in [0, 0.05) is 24.8 Å². The molecule has 0 aliphatic rings. The Morgan fingerprint density at radius 1 is 1.29 bits per heavy atom. The van der Waals surface area contributed by atoms with E-state index in [4.69, 9.17) is 0 Å². The number of anilines is 1. The standard InChI is InChI=1S/C15H15F3N4O2/c1-10-8-13(23)22(9-20-10)7-6-19-14(24)21-12-5-3-2-4-11(12)15(16,17)18/h2-5,8-9H,6-7H2,1H3,(H2,19,21,24). The lowest BCUT2D eigenvalue weighted by molar-refractivity contribution is -0.136. The van der Waals surface area contributed by atoms with Crippen molar-refractivity contribution in [3.8, 4) is 0 Å². The van der Waals surface area contributed by atoms with Gasteiger partial charge in [0.25, 0.3) is 5.56 Å². The number of nitrogens with one attached hydrogen (secondary N) is 2. The number of amides is 2. The summed E-state index contributed by atoms with van der Waals surface area (Å²) in [5, 5.41) is 4.55. The summed E-state index contributed by atoms with van der Waals surface area (Å²) in [7, 11) is 0. The summed E-state index contributed by atoms with van der Waals surface area (Å²) in [5.74, 6) is 0. The SMILES string of the molecule is Cc1cc(=O)n(CCNC(=O)Nc2ccccc2C(F)(F)F)cn1. The van der Waals surface area contributed by atoms with Gasteiger partial charge in [-0.1, -0.05) is 12.1 Å². The van der Waals surface area contributed by atoms with E-state index in [0.29, 0.717) is 5.69 Å². The van der Waals surface area contributed by atoms with E-state index in [2.05, 4.69) is 15.6 Å². The Morgan fingerprint density at radius 3 is 2.67 bits per heavy atom. The molecule has 128 valence electrons. The van der Waals surface area contributed by atoms with Crippen molar-refractivity contribution < 1.29 is 18.0 Å². The van der Waals surface area contributed by atoms with E-state index in [1.54, 1.807) is 6.92 Å². The molecular weight excluding hydrogens is 325 g/mol. The molecule has 0 saturated heterocycles. The fourth-order valence-electron chi connectivity index (χ4n) is 1.98. The second kappa shape index (κ2) is 7.16. The van der Waals surface area contributed by atoms with E-state index >= 15 is 0 Å². The van der Waals surface area contributed by atoms with Gasteiger partial charge in [-0.05, 0) is 19.1 Å². The lowest BCUT2D eigenvalue weighted by atomic mass is 10.1. The van der Waals surface area contributed by atoms with Crippen LogP contribution in [-0.2, 0) is 12.7 Å². The van der Waals surface area contributed by atoms with E-state index in [0.717, 1.165) is 12.1 Å². The average Bonchev–Trinajstić information content (AvgIpc) is 2.49. The molecule has 2 aromatic rings. The Kier molecular flexibility index (Phi) is 5.22. The predicted octanol–water partition coefficient (Wildman–Crippen LogP) is 2.39. The zero-order valence-corrected chi connectivity index (χ0v) is 12.7. The number of hydrogen-bond donors (Lipinski definition) is 2. The first-order chi connectivity index (χ1) is 11.3. The zero-order valence-electron chi connectivity index (χ0n) is 12.7. The minimum Gasteiger partial charge on any atom is -0.336 e. The largest absolute Gasteiger partial charge is 0.418 e. The van der Waals surface area contributed by atoms with E-state index in [-0.39, 0.29) is 24.3 Å². The Balaban J connectivity index is 1.94. The van der Waals surface area contributed by atoms with Crippen molar-refractivity contribution in [2.24, 2.45) is 0 Å². The van der Waals surface area contributed by atoms with Gasteiger partial charge in [-0.15, -0.1) is 0 Å². The number of carbonyl (C=O) groups excluding carboxylic acids is 1. The molecule has 2 rings (SSSR count). The van der Waals surface area contributed by atoms with Crippen molar-refractivity contribution in [1.29, 1.82) is 0 Å². The maximum atomic E-state index is 12.8. The molecule has 0 aliphatic carbocycles. The molecule has 0 bridgehead atoms. The van der Waals surface area contributed by atoms with Crippen LogP contribution >= 0.6 is 0 Å². The molecule has 1 heterocycles. The van der Waals surface area contributed by atoms with Gasteiger partial charge in [0.15, 0.2) is 0 Å². The average molecular weight is 340 g/mol. The molecule has 0 aliphatic heterocycles. The Hall–Kier alpha value is -2.84. The summed E-state index contributed by atoms with van der Waals surface area (Å²) in [4.78, 5) is 27.3. The van der Waals surface area contributed by atoms with Crippen molar-refractivity contribution in [3.63, 3.8) is 0 Å². The fourth-order valence-corrected chi connectivity index (χ4v) is 1.98. The van der Waals surface area contributed by atoms with Gasteiger partial charge in [-0.3, -0.25) is 9.36 Å². The molecule has 2 amide bonds. The van der Waals surface area contributed by atoms with E-state index < -0.39 is 17.8 Å². The summed E-state index contributed by atoms with van der Waals surface area (Å²) in [6.45, 7) is 1.89. The molecule has 0 saturated carbocycles. The van der Waals surface area contributed by atoms with Crippen molar-refractivity contribution in [1.82, 2.24) is 14.9 Å². The fraction of sp³-hybridized carbons (Fsp3) is 0.267. The maximum Gasteiger partial charge on any atom is 0.418 e. The van der Waals surface area contributed by atoms with E-state index in [9.17, 15) is 22.8 Å². The van der Waals surface area contributed by atoms with Gasteiger partial charge >= 0.3 is 12.2 Å². The molecule has 0 radical (unpaired) electrons. The first kappa shape index (κ1) is 17.5. The lowest BCUT2D eigenvalue weighted by Gasteiger charge is -2.14. The molecule has 0 atom stereocenters. The number of rotatable bonds is 4. The summed E-state index contributed by atoms with van der Waals surface area (Å²) < 4.78 is 39.8. The van der Waals surface area contributed by atoms with Gasteiger partial charge in [-0.2, -0.15) is 13.2 Å². The Bertz CT molecular complexity index is 787. The van der Waals surface area contributed by atoms with Crippen LogP contribution in [-0.4, -0.2) is 22.1 Å². The number of aromatic nitrogens is 2. The van der Waals surface area contributed by atoms with E-state index in [1.807, 2.05) is 0 Å². The van der Waals surface area contributed by atoms with Gasteiger partial charge in [0.05, 0.1) is 17.6 Å². The predicted molar refractivity (Wildman–Crippen MR) is 81.7 cm³/mol. The summed E-state index contributed by atoms with van der Waals surface area (Å²) in [6.07, 6.45) is -3.22. The van der Waals surface area contributed by atoms with Crippen LogP contribution in [0.25, 0.3) is 0 Å². The van der Waals surface area contributed by atoms with Crippen LogP contribution in [0.2, 0.25) is 0 Å². The molecule has 0 fully saturated rings. The minimum atomic E-state index is -4.56. The lowest BCUT2D eigenvalue weighted by Crippen LogP contribution is -2.34. The molecule has 24 heavy (non-hydrogen) atoms. The molecule has 1 aromatic heterocycles. The summed E-state index contributed by atoms with van der Waals surface area (Å²) >= 11 is 0. The van der Waals surface area contributed by atoms with Crippen molar-refractivity contribution in [2.75, 3.05) is 11.9 Å². The third-order valence-corrected chi connectivity index (χ3v) is 3.14. The number of nitrogens with zero attached hydrogens (tertiary/aromatic N) is 2. The topological polar surface area (TPSA) is 76.0 Å². The number of carbonyl (C=O) groups is 1. The first-order valence-electron chi connectivity index (χ1n) is 7.01. The Labute approximate surface area is 135 Å². The smallest absolute Gasteiger partial charge is 0.336 e. The number of hydrogen-bond acceptors (Lipinski definition) is 3. The van der Waals surface area contributed by atoms with Gasteiger partial charge in [0.1, 0.15) is 0 Å². The highest BCUT2D eigenvalue weighted by Gasteiger charge is 2.33. The third-order valence-electron chi connectivity index (χ3n) is 3.14. The highest BCUT2D eigenvalue weighted by molar-refractivity contribution is 5.90. The normalized spacial score (nSPS) is 11.2. The molecular formula is C15H15F3N4O2. The van der Waals surface area contributed by atoms with Crippen LogP contribution in [0.15, 0.2) is 41.5 Å². The quantitative estimate of drug-likeness (QED) is 0.897. The van der Waals surface area contributed by atoms with E-state index in [1.165, 1.54) is 29.1 Å². The monoisotopic (exact) mass is 340 g/mol. The van der Waals surface area contributed by atoms with Crippen molar-refractivity contribution in [2.45, 2.75) is 19.6 Å². The maximum absolute atomic E-state index is 12.8. The van der Waals surface area contributed by atoms with Crippen molar-refractivity contribution >= 4 is 11.7 Å². The van der Waals surface area contributed by atoms with Crippen LogP contribution in [0.3, 0.4) is 0 Å². The molecule has 0 spiro atoms. The van der Waals surface area contributed by atoms with Gasteiger partial charge < -0.3 is 10.6 Å². The van der Waals surface area contributed by atoms with Crippen LogP contribution in [0.4, 0.5) is 23.7 Å².